The number of aromatic amines is 1. The Morgan fingerprint density at radius 3 is 2.18 bits per heavy atom. The zero-order valence-corrected chi connectivity index (χ0v) is 12.5. The van der Waals surface area contributed by atoms with Gasteiger partial charge in [0.25, 0.3) is 0 Å². The lowest BCUT2D eigenvalue weighted by molar-refractivity contribution is 0.452. The summed E-state index contributed by atoms with van der Waals surface area (Å²) in [6.07, 6.45) is 0. The van der Waals surface area contributed by atoms with Crippen LogP contribution in [0.25, 0.3) is 22.4 Å². The number of imidazole rings is 1. The van der Waals surface area contributed by atoms with Gasteiger partial charge in [0.15, 0.2) is 17.5 Å². The highest BCUT2D eigenvalue weighted by Crippen LogP contribution is 2.28. The van der Waals surface area contributed by atoms with Crippen LogP contribution in [0.1, 0.15) is 26.3 Å². The number of nitrogens with one attached hydrogen (secondary N) is 1. The first-order valence-electron chi connectivity index (χ1n) is 6.91. The van der Waals surface area contributed by atoms with Crippen LogP contribution < -0.4 is 0 Å². The largest absolute Gasteiger partial charge is 0.338 e. The Kier molecular flexibility index (Phi) is 3.24. The Morgan fingerprint density at radius 2 is 1.59 bits per heavy atom. The summed E-state index contributed by atoms with van der Waals surface area (Å²) < 4.78 is 40.2. The number of halogens is 3. The van der Waals surface area contributed by atoms with E-state index in [2.05, 4.69) is 30.7 Å². The number of fused-ring (bicyclic) bond motifs is 1. The van der Waals surface area contributed by atoms with Crippen molar-refractivity contribution in [3.8, 4) is 11.4 Å². The van der Waals surface area contributed by atoms with Crippen molar-refractivity contribution < 1.29 is 13.2 Å². The average molecular weight is 304 g/mol. The van der Waals surface area contributed by atoms with Crippen LogP contribution in [0.3, 0.4) is 0 Å². The van der Waals surface area contributed by atoms with Gasteiger partial charge in [0.2, 0.25) is 0 Å². The van der Waals surface area contributed by atoms with Crippen LogP contribution in [0, 0.1) is 17.5 Å². The number of H-pyrrole nitrogens is 1. The predicted molar refractivity (Wildman–Crippen MR) is 80.1 cm³/mol. The molecular formula is C17H15F3N2. The van der Waals surface area contributed by atoms with Crippen molar-refractivity contribution in [2.24, 2.45) is 0 Å². The topological polar surface area (TPSA) is 28.7 Å². The molecule has 0 saturated carbocycles. The first-order valence-corrected chi connectivity index (χ1v) is 6.91. The standard InChI is InChI=1S/C17H15F3N2/c1-17(2,3)10-6-4-9(5-7-10)16-21-12-8-11(18)13(19)14(20)15(12)22-16/h4-8H,1-3H3,(H,21,22). The monoisotopic (exact) mass is 304 g/mol. The molecule has 22 heavy (non-hydrogen) atoms. The third kappa shape index (κ3) is 2.36. The van der Waals surface area contributed by atoms with Crippen molar-refractivity contribution in [3.63, 3.8) is 0 Å². The van der Waals surface area contributed by atoms with Crippen LogP contribution >= 0.6 is 0 Å². The summed E-state index contributed by atoms with van der Waals surface area (Å²) in [5.41, 5.74) is 1.82. The van der Waals surface area contributed by atoms with E-state index in [4.69, 9.17) is 0 Å². The maximum atomic E-state index is 13.7. The molecule has 0 aliphatic carbocycles. The molecule has 3 aromatic rings. The quantitative estimate of drug-likeness (QED) is 0.633. The SMILES string of the molecule is CC(C)(C)c1ccc(-c2nc3c(F)c(F)c(F)cc3[nH]2)cc1. The van der Waals surface area contributed by atoms with Crippen molar-refractivity contribution >= 4 is 11.0 Å². The first kappa shape index (κ1) is 14.6. The fourth-order valence-corrected chi connectivity index (χ4v) is 2.32. The van der Waals surface area contributed by atoms with Gasteiger partial charge in [0.05, 0.1) is 5.52 Å². The zero-order valence-electron chi connectivity index (χ0n) is 12.5. The van der Waals surface area contributed by atoms with E-state index in [1.54, 1.807) is 0 Å². The molecule has 2 aromatic carbocycles. The van der Waals surface area contributed by atoms with Gasteiger partial charge >= 0.3 is 0 Å². The van der Waals surface area contributed by atoms with Gasteiger partial charge in [-0.1, -0.05) is 45.0 Å². The molecule has 0 fully saturated rings. The number of hydrogen-bond donors (Lipinski definition) is 1. The second kappa shape index (κ2) is 4.87. The summed E-state index contributed by atoms with van der Waals surface area (Å²) in [5, 5.41) is 0. The fourth-order valence-electron chi connectivity index (χ4n) is 2.32. The van der Waals surface area contributed by atoms with Crippen molar-refractivity contribution in [1.82, 2.24) is 9.97 Å². The number of hydrogen-bond acceptors (Lipinski definition) is 1. The minimum absolute atomic E-state index is 0.0186. The lowest BCUT2D eigenvalue weighted by Crippen LogP contribution is -2.10. The van der Waals surface area contributed by atoms with Gasteiger partial charge in [-0.05, 0) is 11.0 Å². The minimum Gasteiger partial charge on any atom is -0.338 e. The number of aromatic nitrogens is 2. The molecule has 0 spiro atoms. The van der Waals surface area contributed by atoms with Gasteiger partial charge in [-0.2, -0.15) is 0 Å². The number of benzene rings is 2. The van der Waals surface area contributed by atoms with E-state index in [1.807, 2.05) is 24.3 Å². The third-order valence-corrected chi connectivity index (χ3v) is 3.64. The lowest BCUT2D eigenvalue weighted by atomic mass is 9.87. The molecule has 0 atom stereocenters. The molecule has 1 aromatic heterocycles. The Balaban J connectivity index is 2.09. The van der Waals surface area contributed by atoms with Crippen LogP contribution in [0.2, 0.25) is 0 Å². The lowest BCUT2D eigenvalue weighted by Gasteiger charge is -2.18. The zero-order chi connectivity index (χ0) is 16.1. The predicted octanol–water partition coefficient (Wildman–Crippen LogP) is 4.94. The third-order valence-electron chi connectivity index (χ3n) is 3.64. The maximum Gasteiger partial charge on any atom is 0.196 e. The van der Waals surface area contributed by atoms with E-state index in [0.717, 1.165) is 17.2 Å². The molecule has 3 rings (SSSR count). The number of rotatable bonds is 1. The Labute approximate surface area is 126 Å². The van der Waals surface area contributed by atoms with Crippen LogP contribution in [0.4, 0.5) is 13.2 Å². The van der Waals surface area contributed by atoms with E-state index in [0.29, 0.717) is 5.82 Å². The molecule has 2 nitrogen and oxygen atoms in total. The molecular weight excluding hydrogens is 289 g/mol. The number of nitrogens with zero attached hydrogens (tertiary/aromatic N) is 1. The molecule has 0 bridgehead atoms. The minimum atomic E-state index is -1.51. The van der Waals surface area contributed by atoms with Crippen molar-refractivity contribution in [3.05, 3.63) is 53.3 Å². The van der Waals surface area contributed by atoms with Crippen molar-refractivity contribution in [1.29, 1.82) is 0 Å². The molecule has 0 unspecified atom stereocenters. The van der Waals surface area contributed by atoms with E-state index >= 15 is 0 Å². The molecule has 1 heterocycles. The van der Waals surface area contributed by atoms with E-state index in [1.165, 1.54) is 0 Å². The molecule has 114 valence electrons. The summed E-state index contributed by atoms with van der Waals surface area (Å²) in [7, 11) is 0. The van der Waals surface area contributed by atoms with Crippen LogP contribution in [0.15, 0.2) is 30.3 Å². The summed E-state index contributed by atoms with van der Waals surface area (Å²) in [6, 6.07) is 8.53. The second-order valence-corrected chi connectivity index (χ2v) is 6.30. The first-order chi connectivity index (χ1) is 10.3. The second-order valence-electron chi connectivity index (χ2n) is 6.30. The molecule has 0 amide bonds. The van der Waals surface area contributed by atoms with Gasteiger partial charge in [-0.15, -0.1) is 0 Å². The Bertz CT molecular complexity index is 843. The van der Waals surface area contributed by atoms with Gasteiger partial charge in [-0.3, -0.25) is 0 Å². The maximum absolute atomic E-state index is 13.7. The molecule has 0 aliphatic rings. The molecule has 0 aliphatic heterocycles. The molecule has 0 saturated heterocycles. The fraction of sp³-hybridized carbons (Fsp3) is 0.235. The van der Waals surface area contributed by atoms with Gasteiger partial charge < -0.3 is 4.98 Å². The van der Waals surface area contributed by atoms with Crippen LogP contribution in [0.5, 0.6) is 0 Å². The summed E-state index contributed by atoms with van der Waals surface area (Å²) >= 11 is 0. The van der Waals surface area contributed by atoms with Crippen LogP contribution in [-0.4, -0.2) is 9.97 Å². The van der Waals surface area contributed by atoms with Gasteiger partial charge in [0, 0.05) is 11.6 Å². The summed E-state index contributed by atoms with van der Waals surface area (Å²) in [5.74, 6) is -3.64. The van der Waals surface area contributed by atoms with Crippen molar-refractivity contribution in [2.45, 2.75) is 26.2 Å². The normalized spacial score (nSPS) is 12.1. The van der Waals surface area contributed by atoms with E-state index < -0.39 is 17.5 Å². The molecule has 1 N–H and O–H groups in total. The Hall–Kier alpha value is -2.30. The van der Waals surface area contributed by atoms with Gasteiger partial charge in [-0.25, -0.2) is 18.2 Å². The smallest absolute Gasteiger partial charge is 0.196 e. The molecule has 5 heteroatoms. The van der Waals surface area contributed by atoms with E-state index in [-0.39, 0.29) is 16.4 Å². The Morgan fingerprint density at radius 1 is 0.955 bits per heavy atom. The summed E-state index contributed by atoms with van der Waals surface area (Å²) in [6.45, 7) is 6.30. The highest BCUT2D eigenvalue weighted by Gasteiger charge is 2.18. The summed E-state index contributed by atoms with van der Waals surface area (Å²) in [4.78, 5) is 6.86. The molecule has 0 radical (unpaired) electrons. The van der Waals surface area contributed by atoms with Crippen molar-refractivity contribution in [2.75, 3.05) is 0 Å². The van der Waals surface area contributed by atoms with E-state index in [9.17, 15) is 13.2 Å². The highest BCUT2D eigenvalue weighted by atomic mass is 19.2. The average Bonchev–Trinajstić information content (AvgIpc) is 2.88. The highest BCUT2D eigenvalue weighted by molar-refractivity contribution is 5.80. The van der Waals surface area contributed by atoms with Crippen LogP contribution in [-0.2, 0) is 5.41 Å². The van der Waals surface area contributed by atoms with Gasteiger partial charge in [0.1, 0.15) is 11.3 Å².